The molecule has 2 amide bonds. The van der Waals surface area contributed by atoms with E-state index in [4.69, 9.17) is 4.74 Å². The number of rotatable bonds is 7. The Morgan fingerprint density at radius 1 is 1.08 bits per heavy atom. The van der Waals surface area contributed by atoms with Crippen LogP contribution in [0.15, 0.2) is 48.8 Å². The minimum absolute atomic E-state index is 0.0837. The third kappa shape index (κ3) is 8.00. The second kappa shape index (κ2) is 13.5. The normalized spacial score (nSPS) is 17.7. The van der Waals surface area contributed by atoms with E-state index in [1.807, 2.05) is 50.2 Å². The van der Waals surface area contributed by atoms with E-state index in [-0.39, 0.29) is 24.7 Å². The number of hydrogen-bond acceptors (Lipinski definition) is 6. The molecule has 2 aromatic rings. The van der Waals surface area contributed by atoms with E-state index in [2.05, 4.69) is 15.6 Å². The van der Waals surface area contributed by atoms with Gasteiger partial charge in [0, 0.05) is 31.3 Å². The first kappa shape index (κ1) is 27.0. The van der Waals surface area contributed by atoms with Gasteiger partial charge in [-0.1, -0.05) is 44.2 Å². The van der Waals surface area contributed by atoms with Crippen LogP contribution in [0, 0.1) is 11.8 Å². The van der Waals surface area contributed by atoms with Crippen molar-refractivity contribution in [3.63, 3.8) is 0 Å². The van der Waals surface area contributed by atoms with Crippen LogP contribution in [0.3, 0.4) is 0 Å². The molecule has 2 atom stereocenters. The number of fused-ring (bicyclic) bond motifs is 1. The number of amides is 2. The Morgan fingerprint density at radius 2 is 1.86 bits per heavy atom. The van der Waals surface area contributed by atoms with Crippen LogP contribution >= 0.6 is 0 Å². The van der Waals surface area contributed by atoms with Crippen LogP contribution in [0.2, 0.25) is 0 Å². The molecule has 1 aromatic carbocycles. The molecule has 2 N–H and O–H groups in total. The molecule has 8 nitrogen and oxygen atoms in total. The quantitative estimate of drug-likeness (QED) is 0.570. The SMILES string of the molecule is CC(C)C(NC(=O)OCc1ccccc1)C(=O)CC1CCc2cnccc2CCCCNC(=O)C1=O. The highest BCUT2D eigenvalue weighted by Crippen LogP contribution is 2.21. The maximum absolute atomic E-state index is 13.3. The summed E-state index contributed by atoms with van der Waals surface area (Å²) >= 11 is 0. The van der Waals surface area contributed by atoms with Gasteiger partial charge in [-0.2, -0.15) is 0 Å². The predicted octanol–water partition coefficient (Wildman–Crippen LogP) is 3.56. The zero-order valence-electron chi connectivity index (χ0n) is 21.0. The van der Waals surface area contributed by atoms with Gasteiger partial charge in [0.2, 0.25) is 5.78 Å². The number of carbonyl (C=O) groups is 4. The van der Waals surface area contributed by atoms with Crippen molar-refractivity contribution in [2.75, 3.05) is 6.54 Å². The highest BCUT2D eigenvalue weighted by Gasteiger charge is 2.32. The fourth-order valence-electron chi connectivity index (χ4n) is 4.38. The van der Waals surface area contributed by atoms with Gasteiger partial charge in [-0.3, -0.25) is 19.4 Å². The minimum atomic E-state index is -0.834. The standard InChI is InChI=1S/C28H35N3O5/c1-19(2)25(31-28(35)36-18-20-8-4-3-5-9-20)24(32)16-22-11-12-23-17-29-15-13-21(23)10-6-7-14-30-27(34)26(22)33/h3-5,8-9,13,15,17,19,22,25H,6-7,10-12,14,16,18H2,1-2H3,(H,30,34)(H,31,35). The van der Waals surface area contributed by atoms with Gasteiger partial charge in [-0.15, -0.1) is 0 Å². The van der Waals surface area contributed by atoms with E-state index in [9.17, 15) is 19.2 Å². The number of nitrogens with zero attached hydrogens (tertiary/aromatic N) is 1. The summed E-state index contributed by atoms with van der Waals surface area (Å²) in [5.41, 5.74) is 3.05. The molecule has 0 radical (unpaired) electrons. The lowest BCUT2D eigenvalue weighted by Gasteiger charge is -2.23. The largest absolute Gasteiger partial charge is 0.445 e. The first-order valence-corrected chi connectivity index (χ1v) is 12.6. The van der Waals surface area contributed by atoms with Crippen molar-refractivity contribution in [3.8, 4) is 0 Å². The highest BCUT2D eigenvalue weighted by molar-refractivity contribution is 6.37. The smallest absolute Gasteiger partial charge is 0.408 e. The lowest BCUT2D eigenvalue weighted by atomic mass is 9.85. The molecule has 0 saturated carbocycles. The molecule has 3 rings (SSSR count). The molecule has 0 bridgehead atoms. The van der Waals surface area contributed by atoms with Gasteiger partial charge in [0.25, 0.3) is 5.91 Å². The van der Waals surface area contributed by atoms with Gasteiger partial charge < -0.3 is 15.4 Å². The van der Waals surface area contributed by atoms with Crippen molar-refractivity contribution >= 4 is 23.6 Å². The summed E-state index contributed by atoms with van der Waals surface area (Å²) in [6.45, 7) is 4.13. The van der Waals surface area contributed by atoms with Gasteiger partial charge in [-0.05, 0) is 60.8 Å². The number of ether oxygens (including phenoxy) is 1. The first-order valence-electron chi connectivity index (χ1n) is 12.6. The Bertz CT molecular complexity index is 1050. The Hall–Kier alpha value is -3.55. The van der Waals surface area contributed by atoms with Gasteiger partial charge in [0.15, 0.2) is 5.78 Å². The van der Waals surface area contributed by atoms with Crippen molar-refractivity contribution in [2.45, 2.75) is 65.0 Å². The molecule has 36 heavy (non-hydrogen) atoms. The molecule has 192 valence electrons. The number of hydrogen-bond donors (Lipinski definition) is 2. The van der Waals surface area contributed by atoms with E-state index < -0.39 is 29.7 Å². The molecular weight excluding hydrogens is 458 g/mol. The van der Waals surface area contributed by atoms with Crippen molar-refractivity contribution in [2.24, 2.45) is 11.8 Å². The fourth-order valence-corrected chi connectivity index (χ4v) is 4.38. The number of Topliss-reactive ketones (excluding diaryl/α,β-unsaturated/α-hetero) is 2. The lowest BCUT2D eigenvalue weighted by Crippen LogP contribution is -2.46. The molecule has 0 saturated heterocycles. The minimum Gasteiger partial charge on any atom is -0.445 e. The Kier molecular flexibility index (Phi) is 10.2. The molecule has 0 spiro atoms. The molecule has 0 aliphatic carbocycles. The third-order valence-electron chi connectivity index (χ3n) is 6.47. The van der Waals surface area contributed by atoms with Gasteiger partial charge in [0.05, 0.1) is 6.04 Å². The molecule has 8 heteroatoms. The number of nitrogens with one attached hydrogen (secondary N) is 2. The summed E-state index contributed by atoms with van der Waals surface area (Å²) in [5, 5.41) is 5.35. The van der Waals surface area contributed by atoms with Gasteiger partial charge in [-0.25, -0.2) is 4.79 Å². The average molecular weight is 494 g/mol. The van der Waals surface area contributed by atoms with Crippen molar-refractivity contribution < 1.29 is 23.9 Å². The van der Waals surface area contributed by atoms with E-state index in [0.717, 1.165) is 30.4 Å². The summed E-state index contributed by atoms with van der Waals surface area (Å²) in [4.78, 5) is 55.4. The summed E-state index contributed by atoms with van der Waals surface area (Å²) < 4.78 is 5.28. The second-order valence-corrected chi connectivity index (χ2v) is 9.56. The maximum atomic E-state index is 13.3. The van der Waals surface area contributed by atoms with Crippen LogP contribution in [0.25, 0.3) is 0 Å². The molecule has 1 aromatic heterocycles. The van der Waals surface area contributed by atoms with Crippen LogP contribution < -0.4 is 10.6 Å². The predicted molar refractivity (Wildman–Crippen MR) is 135 cm³/mol. The first-order chi connectivity index (χ1) is 17.3. The summed E-state index contributed by atoms with van der Waals surface area (Å²) in [7, 11) is 0. The van der Waals surface area contributed by atoms with Crippen LogP contribution in [-0.2, 0) is 38.6 Å². The Labute approximate surface area is 212 Å². The second-order valence-electron chi connectivity index (χ2n) is 9.56. The number of aryl methyl sites for hydroxylation is 2. The number of pyridine rings is 1. The van der Waals surface area contributed by atoms with Crippen LogP contribution in [-0.4, -0.2) is 41.1 Å². The third-order valence-corrected chi connectivity index (χ3v) is 6.47. The molecule has 2 heterocycles. The highest BCUT2D eigenvalue weighted by atomic mass is 16.5. The molecule has 1 aliphatic rings. The Morgan fingerprint density at radius 3 is 2.61 bits per heavy atom. The van der Waals surface area contributed by atoms with E-state index >= 15 is 0 Å². The van der Waals surface area contributed by atoms with Crippen LogP contribution in [0.1, 0.15) is 56.2 Å². The zero-order chi connectivity index (χ0) is 25.9. The summed E-state index contributed by atoms with van der Waals surface area (Å²) in [6.07, 6.45) is 6.14. The van der Waals surface area contributed by atoms with Crippen molar-refractivity contribution in [1.82, 2.24) is 15.6 Å². The zero-order valence-corrected chi connectivity index (χ0v) is 21.0. The van der Waals surface area contributed by atoms with E-state index in [1.54, 1.807) is 12.4 Å². The lowest BCUT2D eigenvalue weighted by molar-refractivity contribution is -0.141. The number of alkyl carbamates (subject to hydrolysis) is 1. The average Bonchev–Trinajstić information content (AvgIpc) is 2.88. The monoisotopic (exact) mass is 493 g/mol. The molecule has 1 aliphatic heterocycles. The summed E-state index contributed by atoms with van der Waals surface area (Å²) in [6, 6.07) is 10.4. The van der Waals surface area contributed by atoms with Crippen LogP contribution in [0.5, 0.6) is 0 Å². The number of carbonyl (C=O) groups excluding carboxylic acids is 4. The molecular formula is C28H35N3O5. The summed E-state index contributed by atoms with van der Waals surface area (Å²) in [5.74, 6) is -2.55. The molecule has 0 fully saturated rings. The number of ketones is 2. The fraction of sp³-hybridized carbons (Fsp3) is 0.464. The number of benzene rings is 1. The van der Waals surface area contributed by atoms with E-state index in [1.165, 1.54) is 5.56 Å². The van der Waals surface area contributed by atoms with Gasteiger partial charge in [0.1, 0.15) is 6.61 Å². The maximum Gasteiger partial charge on any atom is 0.408 e. The van der Waals surface area contributed by atoms with Crippen molar-refractivity contribution in [1.29, 1.82) is 0 Å². The van der Waals surface area contributed by atoms with Gasteiger partial charge >= 0.3 is 6.09 Å². The van der Waals surface area contributed by atoms with Crippen LogP contribution in [0.4, 0.5) is 4.79 Å². The topological polar surface area (TPSA) is 114 Å². The van der Waals surface area contributed by atoms with Crippen molar-refractivity contribution in [3.05, 3.63) is 65.5 Å². The molecule has 2 unspecified atom stereocenters. The number of aromatic nitrogens is 1. The Balaban J connectivity index is 1.68. The van der Waals surface area contributed by atoms with E-state index in [0.29, 0.717) is 19.4 Å².